The van der Waals surface area contributed by atoms with E-state index in [1.165, 1.54) is 0 Å². The molecule has 1 aromatic rings. The first-order chi connectivity index (χ1) is 9.02. The summed E-state index contributed by atoms with van der Waals surface area (Å²) in [6.07, 6.45) is -1.20. The monoisotopic (exact) mass is 275 g/mol. The Balaban J connectivity index is 2.28. The number of hydrogen-bond donors (Lipinski definition) is 2. The quantitative estimate of drug-likeness (QED) is 0.746. The summed E-state index contributed by atoms with van der Waals surface area (Å²) in [5, 5.41) is 26.8. The molecule has 19 heavy (non-hydrogen) atoms. The third kappa shape index (κ3) is 2.78. The van der Waals surface area contributed by atoms with Gasteiger partial charge in [0.25, 0.3) is 0 Å². The highest BCUT2D eigenvalue weighted by Gasteiger charge is 2.30. The third-order valence-corrected chi connectivity index (χ3v) is 3.40. The fourth-order valence-electron chi connectivity index (χ4n) is 2.08. The minimum atomic E-state index is -1.20. The number of anilines is 1. The highest BCUT2D eigenvalue weighted by molar-refractivity contribution is 7.80. The smallest absolute Gasteiger partial charge is 0.165 e. The molecule has 0 bridgehead atoms. The van der Waals surface area contributed by atoms with Crippen molar-refractivity contribution in [2.75, 3.05) is 19.0 Å². The van der Waals surface area contributed by atoms with Gasteiger partial charge in [-0.25, -0.2) is 0 Å². The van der Waals surface area contributed by atoms with Crippen LogP contribution >= 0.6 is 12.2 Å². The van der Waals surface area contributed by atoms with Gasteiger partial charge in [-0.1, -0.05) is 12.1 Å². The number of nitriles is 1. The molecule has 3 unspecified atom stereocenters. The molecule has 3 atom stereocenters. The minimum absolute atomic E-state index is 0.299. The van der Waals surface area contributed by atoms with Gasteiger partial charge in [0.15, 0.2) is 5.11 Å². The number of nitrogens with one attached hydrogen (secondary N) is 2. The van der Waals surface area contributed by atoms with Gasteiger partial charge >= 0.3 is 0 Å². The first-order valence-corrected chi connectivity index (χ1v) is 6.33. The summed E-state index contributed by atoms with van der Waals surface area (Å²) in [4.78, 5) is 1.99. The number of thiocarbonyl (C=S) groups is 1. The van der Waals surface area contributed by atoms with E-state index in [0.29, 0.717) is 5.11 Å². The first kappa shape index (κ1) is 13.6. The molecule has 0 aromatic heterocycles. The van der Waals surface area contributed by atoms with Crippen molar-refractivity contribution in [3.05, 3.63) is 29.8 Å². The molecule has 2 rings (SSSR count). The molecule has 0 aliphatic carbocycles. The second kappa shape index (κ2) is 5.43. The van der Waals surface area contributed by atoms with Crippen LogP contribution in [0.4, 0.5) is 5.69 Å². The predicted molar refractivity (Wildman–Crippen MR) is 75.3 cm³/mol. The Morgan fingerprint density at radius 3 is 2.42 bits per heavy atom. The van der Waals surface area contributed by atoms with Crippen molar-refractivity contribution >= 4 is 23.0 Å². The van der Waals surface area contributed by atoms with Crippen molar-refractivity contribution in [2.45, 2.75) is 12.3 Å². The summed E-state index contributed by atoms with van der Waals surface area (Å²) in [5.74, 6) is -0.697. The van der Waals surface area contributed by atoms with Crippen molar-refractivity contribution in [1.82, 2.24) is 10.6 Å². The standard InChI is InChI=1S/C13H15N4OS/c1-17(2)9-5-3-8(4-6-9)11-10(7-14)12(18)16-13(19)15-11/h3-6,10-12H,1-2H3,(H2,15,16,19)/q-1. The molecule has 1 aliphatic heterocycles. The van der Waals surface area contributed by atoms with E-state index in [1.807, 2.05) is 43.3 Å². The first-order valence-electron chi connectivity index (χ1n) is 5.92. The van der Waals surface area contributed by atoms with Crippen LogP contribution in [0.5, 0.6) is 0 Å². The Morgan fingerprint density at radius 2 is 1.89 bits per heavy atom. The SMILES string of the molecule is CN(C)c1ccc(C2NC(=S)NC([O-])C2C#N)cc1. The normalized spacial score (nSPS) is 26.0. The average molecular weight is 275 g/mol. The van der Waals surface area contributed by atoms with Gasteiger partial charge < -0.3 is 20.6 Å². The molecule has 0 saturated carbocycles. The molecule has 1 aromatic carbocycles. The molecule has 2 N–H and O–H groups in total. The van der Waals surface area contributed by atoms with Crippen LogP contribution in [-0.4, -0.2) is 25.4 Å². The van der Waals surface area contributed by atoms with Crippen molar-refractivity contribution in [1.29, 1.82) is 5.26 Å². The second-order valence-electron chi connectivity index (χ2n) is 4.66. The Hall–Kier alpha value is -1.84. The lowest BCUT2D eigenvalue weighted by molar-refractivity contribution is -0.437. The number of benzene rings is 1. The molecule has 1 saturated heterocycles. The van der Waals surface area contributed by atoms with E-state index in [4.69, 9.17) is 17.5 Å². The van der Waals surface area contributed by atoms with E-state index < -0.39 is 12.1 Å². The molecule has 0 spiro atoms. The van der Waals surface area contributed by atoms with Gasteiger partial charge in [0, 0.05) is 19.8 Å². The Labute approximate surface area is 117 Å². The molecule has 1 fully saturated rings. The second-order valence-corrected chi connectivity index (χ2v) is 5.07. The molecule has 5 nitrogen and oxygen atoms in total. The van der Waals surface area contributed by atoms with Crippen LogP contribution in [0.2, 0.25) is 0 Å². The summed E-state index contributed by atoms with van der Waals surface area (Å²) in [6.45, 7) is 0. The summed E-state index contributed by atoms with van der Waals surface area (Å²) < 4.78 is 0. The highest BCUT2D eigenvalue weighted by atomic mass is 32.1. The zero-order valence-corrected chi connectivity index (χ0v) is 11.6. The Bertz CT molecular complexity index is 508. The molecular formula is C13H15N4OS-. The summed E-state index contributed by atoms with van der Waals surface area (Å²) in [6, 6.07) is 9.43. The number of rotatable bonds is 2. The van der Waals surface area contributed by atoms with Crippen molar-refractivity contribution in [2.24, 2.45) is 5.92 Å². The van der Waals surface area contributed by atoms with Crippen LogP contribution in [0.25, 0.3) is 0 Å². The van der Waals surface area contributed by atoms with E-state index in [1.54, 1.807) is 0 Å². The van der Waals surface area contributed by atoms with Gasteiger partial charge in [0.2, 0.25) is 0 Å². The van der Waals surface area contributed by atoms with Gasteiger partial charge in [0.05, 0.1) is 18.0 Å². The van der Waals surface area contributed by atoms with Gasteiger partial charge in [-0.15, -0.1) is 0 Å². The molecule has 6 heteroatoms. The Kier molecular flexibility index (Phi) is 3.88. The lowest BCUT2D eigenvalue weighted by Gasteiger charge is -2.41. The zero-order chi connectivity index (χ0) is 14.0. The van der Waals surface area contributed by atoms with Crippen LogP contribution in [0, 0.1) is 17.2 Å². The summed E-state index contributed by atoms with van der Waals surface area (Å²) in [5.41, 5.74) is 1.95. The van der Waals surface area contributed by atoms with E-state index in [-0.39, 0.29) is 6.04 Å². The highest BCUT2D eigenvalue weighted by Crippen LogP contribution is 2.27. The lowest BCUT2D eigenvalue weighted by Crippen LogP contribution is -2.61. The minimum Gasteiger partial charge on any atom is -0.835 e. The number of hydrogen-bond acceptors (Lipinski definition) is 4. The fraction of sp³-hybridized carbons (Fsp3) is 0.385. The van der Waals surface area contributed by atoms with Gasteiger partial charge in [-0.3, -0.25) is 0 Å². The van der Waals surface area contributed by atoms with E-state index in [0.717, 1.165) is 11.3 Å². The van der Waals surface area contributed by atoms with Gasteiger partial charge in [-0.2, -0.15) is 5.26 Å². The fourth-order valence-corrected chi connectivity index (χ4v) is 2.32. The van der Waals surface area contributed by atoms with Crippen LogP contribution in [0.3, 0.4) is 0 Å². The van der Waals surface area contributed by atoms with E-state index >= 15 is 0 Å². The molecular weight excluding hydrogens is 260 g/mol. The maximum Gasteiger partial charge on any atom is 0.165 e. The van der Waals surface area contributed by atoms with Crippen molar-refractivity contribution < 1.29 is 5.11 Å². The van der Waals surface area contributed by atoms with Gasteiger partial charge in [0.1, 0.15) is 0 Å². The van der Waals surface area contributed by atoms with Crippen molar-refractivity contribution in [3.8, 4) is 6.07 Å². The Morgan fingerprint density at radius 1 is 1.26 bits per heavy atom. The number of nitrogens with zero attached hydrogens (tertiary/aromatic N) is 2. The van der Waals surface area contributed by atoms with Gasteiger partial charge in [-0.05, 0) is 36.1 Å². The maximum atomic E-state index is 11.8. The molecule has 100 valence electrons. The average Bonchev–Trinajstić information content (AvgIpc) is 2.38. The van der Waals surface area contributed by atoms with Crippen LogP contribution in [-0.2, 0) is 0 Å². The zero-order valence-electron chi connectivity index (χ0n) is 10.8. The van der Waals surface area contributed by atoms with Crippen LogP contribution < -0.4 is 20.6 Å². The van der Waals surface area contributed by atoms with Crippen LogP contribution in [0.15, 0.2) is 24.3 Å². The third-order valence-electron chi connectivity index (χ3n) is 3.16. The molecule has 0 radical (unpaired) electrons. The predicted octanol–water partition coefficient (Wildman–Crippen LogP) is 0.0976. The summed E-state index contributed by atoms with van der Waals surface area (Å²) in [7, 11) is 3.91. The molecule has 1 heterocycles. The van der Waals surface area contributed by atoms with Crippen molar-refractivity contribution in [3.63, 3.8) is 0 Å². The summed E-state index contributed by atoms with van der Waals surface area (Å²) >= 11 is 4.99. The molecule has 1 aliphatic rings. The van der Waals surface area contributed by atoms with Crippen LogP contribution in [0.1, 0.15) is 11.6 Å². The topological polar surface area (TPSA) is 74.2 Å². The largest absolute Gasteiger partial charge is 0.835 e. The van der Waals surface area contributed by atoms with E-state index in [9.17, 15) is 5.11 Å². The maximum absolute atomic E-state index is 11.8. The van der Waals surface area contributed by atoms with E-state index in [2.05, 4.69) is 16.7 Å². The molecule has 0 amide bonds. The lowest BCUT2D eigenvalue weighted by atomic mass is 9.91.